The molecule has 0 aliphatic carbocycles. The molecule has 0 fully saturated rings. The van der Waals surface area contributed by atoms with Crippen molar-refractivity contribution < 1.29 is 0 Å². The summed E-state index contributed by atoms with van der Waals surface area (Å²) in [4.78, 5) is 13.6. The second kappa shape index (κ2) is 7.06. The van der Waals surface area contributed by atoms with Crippen molar-refractivity contribution in [3.8, 4) is 0 Å². The van der Waals surface area contributed by atoms with Gasteiger partial charge in [-0.25, -0.2) is 9.97 Å². The number of nitrogens with zero attached hydrogens (tertiary/aromatic N) is 3. The largest absolute Gasteiger partial charge is 0.355 e. The summed E-state index contributed by atoms with van der Waals surface area (Å²) in [5.74, 6) is 1.66. The monoisotopic (exact) mass is 297 g/mol. The fourth-order valence-electron chi connectivity index (χ4n) is 2.09. The summed E-state index contributed by atoms with van der Waals surface area (Å²) in [6, 6.07) is 2.22. The number of hydrogen-bond donors (Lipinski definition) is 0. The molecule has 0 saturated heterocycles. The van der Waals surface area contributed by atoms with E-state index in [1.807, 2.05) is 0 Å². The number of aromatic nitrogens is 2. The van der Waals surface area contributed by atoms with Gasteiger partial charge in [-0.05, 0) is 18.9 Å². The van der Waals surface area contributed by atoms with E-state index in [-0.39, 0.29) is 0 Å². The first-order chi connectivity index (χ1) is 9.30. The molecular weight excluding hydrogens is 278 g/mol. The molecule has 0 aromatic carbocycles. The van der Waals surface area contributed by atoms with Gasteiger partial charge in [-0.1, -0.05) is 20.3 Å². The van der Waals surface area contributed by atoms with E-state index in [4.69, 9.17) is 11.6 Å². The third-order valence-electron chi connectivity index (χ3n) is 3.14. The Labute approximate surface area is 123 Å². The second-order valence-corrected chi connectivity index (χ2v) is 6.01. The zero-order chi connectivity index (χ0) is 13.7. The molecule has 0 aliphatic heterocycles. The first kappa shape index (κ1) is 14.5. The molecule has 5 heteroatoms. The number of unbranched alkanes of at least 4 members (excludes halogenated alkanes) is 1. The number of hydrogen-bond acceptors (Lipinski definition) is 4. The van der Waals surface area contributed by atoms with Crippen LogP contribution in [0.4, 0.5) is 5.82 Å². The first-order valence-electron chi connectivity index (χ1n) is 6.84. The Morgan fingerprint density at radius 3 is 2.79 bits per heavy atom. The molecular formula is C14H20ClN3S. The van der Waals surface area contributed by atoms with Gasteiger partial charge < -0.3 is 4.90 Å². The number of rotatable bonds is 7. The fraction of sp³-hybridized carbons (Fsp3) is 0.571. The Balaban J connectivity index is 2.37. The molecule has 0 radical (unpaired) electrons. The summed E-state index contributed by atoms with van der Waals surface area (Å²) < 4.78 is 0. The van der Waals surface area contributed by atoms with E-state index in [0.29, 0.717) is 5.88 Å². The van der Waals surface area contributed by atoms with Crippen LogP contribution in [-0.4, -0.2) is 28.9 Å². The molecule has 0 saturated carbocycles. The maximum Gasteiger partial charge on any atom is 0.140 e. The Morgan fingerprint density at radius 1 is 1.26 bits per heavy atom. The van der Waals surface area contributed by atoms with Crippen molar-refractivity contribution in [1.29, 1.82) is 0 Å². The van der Waals surface area contributed by atoms with E-state index >= 15 is 0 Å². The number of anilines is 1. The van der Waals surface area contributed by atoms with E-state index in [9.17, 15) is 0 Å². The van der Waals surface area contributed by atoms with Gasteiger partial charge in [0.1, 0.15) is 17.0 Å². The number of aryl methyl sites for hydroxylation is 1. The summed E-state index contributed by atoms with van der Waals surface area (Å²) in [5, 5.41) is 1.17. The van der Waals surface area contributed by atoms with E-state index < -0.39 is 0 Å². The summed E-state index contributed by atoms with van der Waals surface area (Å²) in [5.41, 5.74) is 0. The summed E-state index contributed by atoms with van der Waals surface area (Å²) in [6.07, 6.45) is 5.05. The Kier molecular flexibility index (Phi) is 5.40. The molecule has 2 aromatic heterocycles. The lowest BCUT2D eigenvalue weighted by molar-refractivity contribution is 0.727. The minimum Gasteiger partial charge on any atom is -0.355 e. The van der Waals surface area contributed by atoms with Crippen LogP contribution in [0.1, 0.15) is 31.6 Å². The molecule has 104 valence electrons. The van der Waals surface area contributed by atoms with Gasteiger partial charge in [-0.2, -0.15) is 0 Å². The zero-order valence-corrected chi connectivity index (χ0v) is 13.1. The molecule has 3 nitrogen and oxygen atoms in total. The van der Waals surface area contributed by atoms with Crippen molar-refractivity contribution in [2.45, 2.75) is 33.1 Å². The highest BCUT2D eigenvalue weighted by atomic mass is 35.5. The summed E-state index contributed by atoms with van der Waals surface area (Å²) in [6.45, 7) is 6.22. The van der Waals surface area contributed by atoms with E-state index in [2.05, 4.69) is 34.8 Å². The van der Waals surface area contributed by atoms with Gasteiger partial charge >= 0.3 is 0 Å². The second-order valence-electron chi connectivity index (χ2n) is 4.51. The maximum atomic E-state index is 5.93. The van der Waals surface area contributed by atoms with Crippen LogP contribution >= 0.6 is 22.9 Å². The quantitative estimate of drug-likeness (QED) is 0.721. The molecule has 0 bridgehead atoms. The van der Waals surface area contributed by atoms with Crippen molar-refractivity contribution >= 4 is 39.0 Å². The van der Waals surface area contributed by atoms with Crippen molar-refractivity contribution in [3.05, 3.63) is 17.3 Å². The van der Waals surface area contributed by atoms with Crippen LogP contribution in [-0.2, 0) is 6.42 Å². The van der Waals surface area contributed by atoms with Gasteiger partial charge in [0.25, 0.3) is 0 Å². The topological polar surface area (TPSA) is 29.0 Å². The average molecular weight is 298 g/mol. The molecule has 19 heavy (non-hydrogen) atoms. The molecule has 0 spiro atoms. The van der Waals surface area contributed by atoms with Gasteiger partial charge in [0.2, 0.25) is 0 Å². The van der Waals surface area contributed by atoms with Gasteiger partial charge in [-0.3, -0.25) is 0 Å². The molecule has 2 heterocycles. The van der Waals surface area contributed by atoms with Crippen LogP contribution in [0.5, 0.6) is 0 Å². The third kappa shape index (κ3) is 3.37. The van der Waals surface area contributed by atoms with Crippen molar-refractivity contribution in [2.24, 2.45) is 0 Å². The number of halogens is 1. The van der Waals surface area contributed by atoms with E-state index in [1.165, 1.54) is 16.7 Å². The third-order valence-corrected chi connectivity index (χ3v) is 4.50. The Bertz CT molecular complexity index is 526. The van der Waals surface area contributed by atoms with Crippen molar-refractivity contribution in [1.82, 2.24) is 9.97 Å². The highest BCUT2D eigenvalue weighted by Crippen LogP contribution is 2.30. The standard InChI is InChI=1S/C14H20ClN3S/c1-3-5-7-18(8-6-15)13-12-9-11(4-2)19-14(12)17-10-16-13/h9-10H,3-8H2,1-2H3. The predicted octanol–water partition coefficient (Wildman–Crippen LogP) is 4.10. The van der Waals surface area contributed by atoms with E-state index in [0.717, 1.165) is 36.6 Å². The molecule has 0 N–H and O–H groups in total. The van der Waals surface area contributed by atoms with Crippen molar-refractivity contribution in [2.75, 3.05) is 23.9 Å². The normalized spacial score (nSPS) is 11.1. The van der Waals surface area contributed by atoms with Crippen LogP contribution in [0.2, 0.25) is 0 Å². The highest BCUT2D eigenvalue weighted by Gasteiger charge is 2.13. The lowest BCUT2D eigenvalue weighted by Crippen LogP contribution is -2.27. The first-order valence-corrected chi connectivity index (χ1v) is 8.19. The van der Waals surface area contributed by atoms with Crippen LogP contribution < -0.4 is 4.90 Å². The highest BCUT2D eigenvalue weighted by molar-refractivity contribution is 7.18. The minimum absolute atomic E-state index is 0.625. The molecule has 0 atom stereocenters. The van der Waals surface area contributed by atoms with Crippen LogP contribution in [0.15, 0.2) is 12.4 Å². The van der Waals surface area contributed by atoms with Crippen LogP contribution in [0.25, 0.3) is 10.2 Å². The van der Waals surface area contributed by atoms with Gasteiger partial charge in [0.05, 0.1) is 5.39 Å². The lowest BCUT2D eigenvalue weighted by atomic mass is 10.2. The van der Waals surface area contributed by atoms with E-state index in [1.54, 1.807) is 17.7 Å². The molecule has 0 amide bonds. The fourth-order valence-corrected chi connectivity index (χ4v) is 3.23. The molecule has 0 unspecified atom stereocenters. The van der Waals surface area contributed by atoms with Gasteiger partial charge in [0.15, 0.2) is 0 Å². The number of alkyl halides is 1. The van der Waals surface area contributed by atoms with Crippen LogP contribution in [0.3, 0.4) is 0 Å². The van der Waals surface area contributed by atoms with Gasteiger partial charge in [-0.15, -0.1) is 22.9 Å². The zero-order valence-electron chi connectivity index (χ0n) is 11.5. The Hall–Kier alpha value is -0.870. The average Bonchev–Trinajstić information content (AvgIpc) is 2.86. The molecule has 2 rings (SSSR count). The van der Waals surface area contributed by atoms with Crippen LogP contribution in [0, 0.1) is 0 Å². The summed E-state index contributed by atoms with van der Waals surface area (Å²) in [7, 11) is 0. The van der Waals surface area contributed by atoms with Gasteiger partial charge in [0, 0.05) is 23.8 Å². The SMILES string of the molecule is CCCCN(CCCl)c1ncnc2sc(CC)cc12. The number of fused-ring (bicyclic) bond motifs is 1. The number of thiophene rings is 1. The maximum absolute atomic E-state index is 5.93. The smallest absolute Gasteiger partial charge is 0.140 e. The lowest BCUT2D eigenvalue weighted by Gasteiger charge is -2.22. The minimum atomic E-state index is 0.625. The summed E-state index contributed by atoms with van der Waals surface area (Å²) >= 11 is 7.69. The Morgan fingerprint density at radius 2 is 2.11 bits per heavy atom. The molecule has 2 aromatic rings. The molecule has 0 aliphatic rings. The van der Waals surface area contributed by atoms with Crippen molar-refractivity contribution in [3.63, 3.8) is 0 Å². The predicted molar refractivity (Wildman–Crippen MR) is 84.6 cm³/mol.